The van der Waals surface area contributed by atoms with Gasteiger partial charge in [-0.2, -0.15) is 4.98 Å². The first-order valence-electron chi connectivity index (χ1n) is 8.50. The molecule has 0 amide bonds. The summed E-state index contributed by atoms with van der Waals surface area (Å²) in [5.41, 5.74) is 5.21. The highest BCUT2D eigenvalue weighted by atomic mass is 15.3. The van der Waals surface area contributed by atoms with Gasteiger partial charge in [0.2, 0.25) is 0 Å². The molecule has 0 aliphatic heterocycles. The van der Waals surface area contributed by atoms with Crippen molar-refractivity contribution in [3.05, 3.63) is 65.1 Å². The van der Waals surface area contributed by atoms with Crippen LogP contribution in [0.3, 0.4) is 0 Å². The van der Waals surface area contributed by atoms with Crippen molar-refractivity contribution in [3.8, 4) is 11.3 Å². The van der Waals surface area contributed by atoms with Gasteiger partial charge in [0.1, 0.15) is 5.82 Å². The van der Waals surface area contributed by atoms with Crippen LogP contribution in [0.25, 0.3) is 29.2 Å². The lowest BCUT2D eigenvalue weighted by molar-refractivity contribution is 0.865. The molecule has 3 heterocycles. The zero-order valence-electron chi connectivity index (χ0n) is 15.3. The van der Waals surface area contributed by atoms with E-state index in [0.29, 0.717) is 11.6 Å². The fraction of sp³-hybridized carbons (Fsp3) is 0.200. The molecule has 3 aromatic heterocycles. The van der Waals surface area contributed by atoms with Crippen molar-refractivity contribution in [2.24, 2.45) is 7.05 Å². The Labute approximate surface area is 151 Å². The zero-order chi connectivity index (χ0) is 18.3. The minimum atomic E-state index is 0.620. The van der Waals surface area contributed by atoms with Crippen molar-refractivity contribution in [2.45, 2.75) is 20.8 Å². The molecule has 6 nitrogen and oxygen atoms in total. The van der Waals surface area contributed by atoms with Crippen LogP contribution in [0.1, 0.15) is 28.6 Å². The second-order valence-electron chi connectivity index (χ2n) is 6.38. The van der Waals surface area contributed by atoms with Crippen LogP contribution < -0.4 is 0 Å². The molecule has 0 aliphatic carbocycles. The number of hydrogen-bond donors (Lipinski definition) is 0. The summed E-state index contributed by atoms with van der Waals surface area (Å²) < 4.78 is 3.78. The van der Waals surface area contributed by atoms with E-state index in [1.54, 1.807) is 4.52 Å². The van der Waals surface area contributed by atoms with Gasteiger partial charge >= 0.3 is 0 Å². The summed E-state index contributed by atoms with van der Waals surface area (Å²) in [5, 5.41) is 4.54. The van der Waals surface area contributed by atoms with E-state index in [2.05, 4.69) is 27.2 Å². The second-order valence-corrected chi connectivity index (χ2v) is 6.38. The van der Waals surface area contributed by atoms with Crippen LogP contribution in [0.15, 0.2) is 36.5 Å². The fourth-order valence-electron chi connectivity index (χ4n) is 2.87. The Hall–Kier alpha value is -3.28. The van der Waals surface area contributed by atoms with Gasteiger partial charge in [-0.05, 0) is 38.5 Å². The number of hydrogen-bond acceptors (Lipinski definition) is 4. The number of rotatable bonds is 3. The third-order valence-corrected chi connectivity index (χ3v) is 4.64. The Kier molecular flexibility index (Phi) is 3.88. The van der Waals surface area contributed by atoms with Crippen molar-refractivity contribution in [3.63, 3.8) is 0 Å². The summed E-state index contributed by atoms with van der Waals surface area (Å²) >= 11 is 0. The molecule has 130 valence electrons. The topological polar surface area (TPSA) is 60.9 Å². The first kappa shape index (κ1) is 16.2. The number of fused-ring (bicyclic) bond motifs is 1. The maximum absolute atomic E-state index is 4.69. The Morgan fingerprint density at radius 3 is 2.46 bits per heavy atom. The minimum absolute atomic E-state index is 0.620. The number of aromatic nitrogens is 6. The van der Waals surface area contributed by atoms with E-state index in [4.69, 9.17) is 4.98 Å². The van der Waals surface area contributed by atoms with E-state index < -0.39 is 0 Å². The largest absolute Gasteiger partial charge is 0.334 e. The van der Waals surface area contributed by atoms with E-state index in [-0.39, 0.29) is 0 Å². The lowest BCUT2D eigenvalue weighted by Crippen LogP contribution is -2.02. The monoisotopic (exact) mass is 344 g/mol. The van der Waals surface area contributed by atoms with Crippen LogP contribution >= 0.6 is 0 Å². The highest BCUT2D eigenvalue weighted by molar-refractivity contribution is 5.67. The molecule has 0 saturated heterocycles. The number of imidazole rings is 1. The average molecular weight is 344 g/mol. The normalized spacial score (nSPS) is 11.7. The summed E-state index contributed by atoms with van der Waals surface area (Å²) in [5.74, 6) is 2.09. The second kappa shape index (κ2) is 6.22. The third-order valence-electron chi connectivity index (χ3n) is 4.64. The average Bonchev–Trinajstić information content (AvgIpc) is 3.22. The molecule has 6 heteroatoms. The highest BCUT2D eigenvalue weighted by Crippen LogP contribution is 2.19. The Morgan fingerprint density at radius 2 is 1.69 bits per heavy atom. The van der Waals surface area contributed by atoms with E-state index in [1.807, 2.05) is 68.9 Å². The summed E-state index contributed by atoms with van der Waals surface area (Å²) in [6, 6.07) is 10.1. The molecule has 4 rings (SSSR count). The highest BCUT2D eigenvalue weighted by Gasteiger charge is 2.10. The molecule has 26 heavy (non-hydrogen) atoms. The minimum Gasteiger partial charge on any atom is -0.334 e. The Bertz CT molecular complexity index is 1120. The maximum atomic E-state index is 4.69. The molecule has 0 saturated carbocycles. The summed E-state index contributed by atoms with van der Waals surface area (Å²) in [6.07, 6.45) is 5.82. The van der Waals surface area contributed by atoms with Crippen molar-refractivity contribution < 1.29 is 0 Å². The smallest absolute Gasteiger partial charge is 0.253 e. The number of nitrogens with zero attached hydrogens (tertiary/aromatic N) is 6. The first-order chi connectivity index (χ1) is 12.5. The van der Waals surface area contributed by atoms with Crippen LogP contribution in [0.5, 0.6) is 0 Å². The Balaban J connectivity index is 1.68. The molecule has 0 unspecified atom stereocenters. The van der Waals surface area contributed by atoms with Gasteiger partial charge in [-0.25, -0.2) is 14.5 Å². The van der Waals surface area contributed by atoms with E-state index in [0.717, 1.165) is 34.0 Å². The van der Waals surface area contributed by atoms with Gasteiger partial charge in [0, 0.05) is 30.2 Å². The summed E-state index contributed by atoms with van der Waals surface area (Å²) in [6.45, 7) is 6.07. The van der Waals surface area contributed by atoms with Crippen LogP contribution in [-0.4, -0.2) is 29.1 Å². The first-order valence-corrected chi connectivity index (χ1v) is 8.50. The predicted octanol–water partition coefficient (Wildman–Crippen LogP) is 3.62. The molecule has 1 aromatic carbocycles. The maximum Gasteiger partial charge on any atom is 0.253 e. The van der Waals surface area contributed by atoms with Gasteiger partial charge in [0.15, 0.2) is 5.82 Å². The molecule has 4 aromatic rings. The van der Waals surface area contributed by atoms with Crippen molar-refractivity contribution in [1.82, 2.24) is 29.1 Å². The van der Waals surface area contributed by atoms with Gasteiger partial charge in [-0.1, -0.05) is 30.3 Å². The SMILES string of the molecule is Cc1nc2nc(C=Cc3nc(-c4ccccc4)cn3C)nn2c(C)c1C. The molecule has 0 radical (unpaired) electrons. The molecule has 0 N–H and O–H groups in total. The fourth-order valence-corrected chi connectivity index (χ4v) is 2.87. The van der Waals surface area contributed by atoms with E-state index in [1.165, 1.54) is 0 Å². The van der Waals surface area contributed by atoms with Crippen LogP contribution in [-0.2, 0) is 7.05 Å². The van der Waals surface area contributed by atoms with E-state index in [9.17, 15) is 0 Å². The molecule has 0 fully saturated rings. The molecule has 0 aliphatic rings. The van der Waals surface area contributed by atoms with Gasteiger partial charge in [0.25, 0.3) is 5.78 Å². The Morgan fingerprint density at radius 1 is 0.923 bits per heavy atom. The lowest BCUT2D eigenvalue weighted by atomic mass is 10.2. The summed E-state index contributed by atoms with van der Waals surface area (Å²) in [7, 11) is 1.98. The predicted molar refractivity (Wildman–Crippen MR) is 103 cm³/mol. The van der Waals surface area contributed by atoms with Gasteiger partial charge in [-0.3, -0.25) is 0 Å². The lowest BCUT2D eigenvalue weighted by Gasteiger charge is -2.04. The van der Waals surface area contributed by atoms with Crippen LogP contribution in [0.4, 0.5) is 0 Å². The quantitative estimate of drug-likeness (QED) is 0.569. The number of benzene rings is 1. The molecule has 0 spiro atoms. The summed E-state index contributed by atoms with van der Waals surface area (Å²) in [4.78, 5) is 13.7. The molecule has 0 atom stereocenters. The molecular weight excluding hydrogens is 324 g/mol. The standard InChI is InChI=1S/C20H20N6/c1-13-14(2)21-20-23-18(24-26(20)15(13)3)10-11-19-22-17(12-25(19)4)16-8-6-5-7-9-16/h5-12H,1-4H3. The zero-order valence-corrected chi connectivity index (χ0v) is 15.3. The van der Waals surface area contributed by atoms with Gasteiger partial charge in [-0.15, -0.1) is 5.10 Å². The van der Waals surface area contributed by atoms with Crippen LogP contribution in [0, 0.1) is 20.8 Å². The van der Waals surface area contributed by atoms with E-state index >= 15 is 0 Å². The van der Waals surface area contributed by atoms with Crippen LogP contribution in [0.2, 0.25) is 0 Å². The van der Waals surface area contributed by atoms with Gasteiger partial charge < -0.3 is 4.57 Å². The van der Waals surface area contributed by atoms with Crippen molar-refractivity contribution >= 4 is 17.9 Å². The van der Waals surface area contributed by atoms with Crippen molar-refractivity contribution in [1.29, 1.82) is 0 Å². The molecule has 0 bridgehead atoms. The number of aryl methyl sites for hydroxylation is 3. The van der Waals surface area contributed by atoms with Crippen molar-refractivity contribution in [2.75, 3.05) is 0 Å². The third kappa shape index (κ3) is 2.79. The molecular formula is C20H20N6. The van der Waals surface area contributed by atoms with Gasteiger partial charge in [0.05, 0.1) is 5.69 Å².